The molecule has 0 bridgehead atoms. The zero-order valence-electron chi connectivity index (χ0n) is 11.7. The van der Waals surface area contributed by atoms with E-state index in [1.165, 1.54) is 5.75 Å². The quantitative estimate of drug-likeness (QED) is 0.917. The maximum atomic E-state index is 8.91. The summed E-state index contributed by atoms with van der Waals surface area (Å²) in [4.78, 5) is 0. The Bertz CT molecular complexity index is 493. The summed E-state index contributed by atoms with van der Waals surface area (Å²) in [7, 11) is 1.64. The van der Waals surface area contributed by atoms with Crippen LogP contribution in [0.25, 0.3) is 0 Å². The summed E-state index contributed by atoms with van der Waals surface area (Å²) >= 11 is 1.99. The van der Waals surface area contributed by atoms with Gasteiger partial charge in [-0.1, -0.05) is 13.8 Å². The minimum atomic E-state index is 0.375. The molecule has 0 amide bonds. The summed E-state index contributed by atoms with van der Waals surface area (Å²) in [6, 6.07) is 8.13. The third-order valence-electron chi connectivity index (χ3n) is 3.30. The van der Waals surface area contributed by atoms with Gasteiger partial charge in [0.15, 0.2) is 0 Å². The highest BCUT2D eigenvalue weighted by Crippen LogP contribution is 2.36. The Labute approximate surface area is 119 Å². The number of nitriles is 1. The molecule has 0 saturated carbocycles. The SMILES string of the molecule is COc1cc(C#N)ccc1NC1CSCC(C)(C)C1. The van der Waals surface area contributed by atoms with Crippen LogP contribution in [0.4, 0.5) is 5.69 Å². The third-order valence-corrected chi connectivity index (χ3v) is 4.92. The van der Waals surface area contributed by atoms with Crippen molar-refractivity contribution in [3.05, 3.63) is 23.8 Å². The first-order chi connectivity index (χ1) is 9.04. The highest BCUT2D eigenvalue weighted by atomic mass is 32.2. The average molecular weight is 276 g/mol. The average Bonchev–Trinajstić information content (AvgIpc) is 2.38. The number of rotatable bonds is 3. The van der Waals surface area contributed by atoms with Gasteiger partial charge in [0, 0.05) is 17.9 Å². The van der Waals surface area contributed by atoms with E-state index in [0.29, 0.717) is 17.0 Å². The summed E-state index contributed by atoms with van der Waals surface area (Å²) in [6.07, 6.45) is 1.16. The van der Waals surface area contributed by atoms with E-state index in [-0.39, 0.29) is 0 Å². The lowest BCUT2D eigenvalue weighted by atomic mass is 9.87. The highest BCUT2D eigenvalue weighted by Gasteiger charge is 2.28. The van der Waals surface area contributed by atoms with E-state index in [1.807, 2.05) is 23.9 Å². The molecule has 1 saturated heterocycles. The maximum Gasteiger partial charge on any atom is 0.143 e. The highest BCUT2D eigenvalue weighted by molar-refractivity contribution is 7.99. The van der Waals surface area contributed by atoms with E-state index in [0.717, 1.165) is 23.6 Å². The van der Waals surface area contributed by atoms with Gasteiger partial charge in [-0.3, -0.25) is 0 Å². The second-order valence-corrected chi connectivity index (χ2v) is 6.78. The largest absolute Gasteiger partial charge is 0.495 e. The van der Waals surface area contributed by atoms with E-state index in [2.05, 4.69) is 25.2 Å². The smallest absolute Gasteiger partial charge is 0.143 e. The fraction of sp³-hybridized carbons (Fsp3) is 0.533. The Balaban J connectivity index is 2.13. The van der Waals surface area contributed by atoms with Crippen molar-refractivity contribution in [3.8, 4) is 11.8 Å². The van der Waals surface area contributed by atoms with Gasteiger partial charge in [0.25, 0.3) is 0 Å². The predicted molar refractivity (Wildman–Crippen MR) is 80.8 cm³/mol. The lowest BCUT2D eigenvalue weighted by molar-refractivity contribution is 0.357. The minimum absolute atomic E-state index is 0.375. The van der Waals surface area contributed by atoms with Crippen molar-refractivity contribution >= 4 is 17.4 Å². The minimum Gasteiger partial charge on any atom is -0.495 e. The molecular weight excluding hydrogens is 256 g/mol. The van der Waals surface area contributed by atoms with Crippen molar-refractivity contribution in [1.82, 2.24) is 0 Å². The second kappa shape index (κ2) is 5.75. The van der Waals surface area contributed by atoms with Gasteiger partial charge in [-0.2, -0.15) is 17.0 Å². The summed E-state index contributed by atoms with van der Waals surface area (Å²) in [5.41, 5.74) is 1.98. The molecule has 0 aliphatic carbocycles. The molecule has 102 valence electrons. The molecule has 1 aliphatic heterocycles. The molecule has 1 unspecified atom stereocenters. The number of methoxy groups -OCH3 is 1. The zero-order chi connectivity index (χ0) is 13.9. The number of ether oxygens (including phenoxy) is 1. The van der Waals surface area contributed by atoms with Crippen LogP contribution in [0.3, 0.4) is 0 Å². The van der Waals surface area contributed by atoms with Crippen molar-refractivity contribution in [1.29, 1.82) is 5.26 Å². The lowest BCUT2D eigenvalue weighted by Gasteiger charge is -2.35. The molecule has 19 heavy (non-hydrogen) atoms. The van der Waals surface area contributed by atoms with Gasteiger partial charge in [0.1, 0.15) is 5.75 Å². The van der Waals surface area contributed by atoms with Crippen LogP contribution >= 0.6 is 11.8 Å². The van der Waals surface area contributed by atoms with E-state index < -0.39 is 0 Å². The molecular formula is C15H20N2OS. The molecule has 1 aliphatic rings. The normalized spacial score (nSPS) is 21.5. The molecule has 4 heteroatoms. The van der Waals surface area contributed by atoms with Crippen LogP contribution in [-0.4, -0.2) is 24.7 Å². The van der Waals surface area contributed by atoms with E-state index in [1.54, 1.807) is 13.2 Å². The Morgan fingerprint density at radius 2 is 2.26 bits per heavy atom. The van der Waals surface area contributed by atoms with E-state index in [4.69, 9.17) is 10.00 Å². The molecule has 1 fully saturated rings. The topological polar surface area (TPSA) is 45.0 Å². The molecule has 1 heterocycles. The van der Waals surface area contributed by atoms with E-state index in [9.17, 15) is 0 Å². The number of thioether (sulfide) groups is 1. The first-order valence-electron chi connectivity index (χ1n) is 6.46. The first-order valence-corrected chi connectivity index (χ1v) is 7.62. The fourth-order valence-electron chi connectivity index (χ4n) is 2.45. The number of benzene rings is 1. The number of anilines is 1. The van der Waals surface area contributed by atoms with Gasteiger partial charge in [0.2, 0.25) is 0 Å². The van der Waals surface area contributed by atoms with Gasteiger partial charge < -0.3 is 10.1 Å². The number of hydrogen-bond acceptors (Lipinski definition) is 4. The van der Waals surface area contributed by atoms with Gasteiger partial charge >= 0.3 is 0 Å². The van der Waals surface area contributed by atoms with Crippen molar-refractivity contribution in [2.75, 3.05) is 23.9 Å². The van der Waals surface area contributed by atoms with Crippen LogP contribution in [0.5, 0.6) is 5.75 Å². The Hall–Kier alpha value is -1.34. The lowest BCUT2D eigenvalue weighted by Crippen LogP contribution is -2.35. The molecule has 1 atom stereocenters. The van der Waals surface area contributed by atoms with Crippen molar-refractivity contribution in [2.24, 2.45) is 5.41 Å². The standard InChI is InChI=1S/C15H20N2OS/c1-15(2)7-12(9-19-10-15)17-13-5-4-11(8-16)6-14(13)18-3/h4-6,12,17H,7,9-10H2,1-3H3. The predicted octanol–water partition coefficient (Wildman–Crippen LogP) is 3.51. The van der Waals surface area contributed by atoms with Crippen molar-refractivity contribution in [3.63, 3.8) is 0 Å². The molecule has 2 rings (SSSR count). The van der Waals surface area contributed by atoms with Crippen molar-refractivity contribution < 1.29 is 4.74 Å². The molecule has 1 aromatic rings. The van der Waals surface area contributed by atoms with Crippen LogP contribution in [-0.2, 0) is 0 Å². The van der Waals surface area contributed by atoms with Gasteiger partial charge in [-0.25, -0.2) is 0 Å². The van der Waals surface area contributed by atoms with Crippen molar-refractivity contribution in [2.45, 2.75) is 26.3 Å². The van der Waals surface area contributed by atoms with Crippen LogP contribution in [0.1, 0.15) is 25.8 Å². The first kappa shape index (κ1) is 14.1. The molecule has 0 spiro atoms. The number of hydrogen-bond donors (Lipinski definition) is 1. The van der Waals surface area contributed by atoms with Gasteiger partial charge in [-0.05, 0) is 29.7 Å². The molecule has 1 aromatic carbocycles. The maximum absolute atomic E-state index is 8.91. The Morgan fingerprint density at radius 1 is 1.47 bits per heavy atom. The van der Waals surface area contributed by atoms with Gasteiger partial charge in [-0.15, -0.1) is 0 Å². The molecule has 0 radical (unpaired) electrons. The molecule has 0 aromatic heterocycles. The van der Waals surface area contributed by atoms with E-state index >= 15 is 0 Å². The zero-order valence-corrected chi connectivity index (χ0v) is 12.5. The Kier molecular flexibility index (Phi) is 4.26. The summed E-state index contributed by atoms with van der Waals surface area (Å²) in [5, 5.41) is 12.5. The van der Waals surface area contributed by atoms with Crippen LogP contribution in [0.15, 0.2) is 18.2 Å². The number of nitrogens with zero attached hydrogens (tertiary/aromatic N) is 1. The second-order valence-electron chi connectivity index (χ2n) is 5.75. The third kappa shape index (κ3) is 3.57. The molecule has 1 N–H and O–H groups in total. The summed E-state index contributed by atoms with van der Waals surface area (Å²) in [5.74, 6) is 3.08. The van der Waals surface area contributed by atoms with Crippen LogP contribution < -0.4 is 10.1 Å². The summed E-state index contributed by atoms with van der Waals surface area (Å²) in [6.45, 7) is 4.62. The Morgan fingerprint density at radius 3 is 2.89 bits per heavy atom. The van der Waals surface area contributed by atoms with Crippen LogP contribution in [0.2, 0.25) is 0 Å². The van der Waals surface area contributed by atoms with Crippen LogP contribution in [0, 0.1) is 16.7 Å². The number of nitrogens with one attached hydrogen (secondary N) is 1. The monoisotopic (exact) mass is 276 g/mol. The molecule has 3 nitrogen and oxygen atoms in total. The van der Waals surface area contributed by atoms with Gasteiger partial charge in [0.05, 0.1) is 24.4 Å². The fourth-order valence-corrected chi connectivity index (χ4v) is 3.73. The summed E-state index contributed by atoms with van der Waals surface area (Å²) < 4.78 is 5.36.